The number of hydrogen-bond acceptors (Lipinski definition) is 0. The summed E-state index contributed by atoms with van der Waals surface area (Å²) in [6.45, 7) is 7.59. The minimum Gasteiger partial charge on any atom is -1.00 e. The Morgan fingerprint density at radius 3 is 1.28 bits per heavy atom. The number of hydrogen-bond donors (Lipinski definition) is 0. The lowest BCUT2D eigenvalue weighted by Gasteiger charge is -2.48. The van der Waals surface area contributed by atoms with Gasteiger partial charge >= 0.3 is 0 Å². The fourth-order valence-electron chi connectivity index (χ4n) is 4.18. The predicted molar refractivity (Wildman–Crippen MR) is 110 cm³/mol. The molecule has 1 nitrogen and oxygen atoms in total. The first-order valence-corrected chi connectivity index (χ1v) is 11.5. The normalized spacial score (nSPS) is 22.4. The van der Waals surface area contributed by atoms with Gasteiger partial charge in [-0.3, -0.25) is 0 Å². The Hall–Kier alpha value is 0.440. The first-order chi connectivity index (χ1) is 11.7. The van der Waals surface area contributed by atoms with Crippen molar-refractivity contribution in [2.75, 3.05) is 20.1 Å². The lowest BCUT2D eigenvalue weighted by Crippen LogP contribution is -3.00. The Labute approximate surface area is 170 Å². The topological polar surface area (TPSA) is 0 Å². The molecule has 2 heteroatoms. The second kappa shape index (κ2) is 16.6. The molecule has 1 heterocycles. The zero-order chi connectivity index (χ0) is 17.5. The van der Waals surface area contributed by atoms with Gasteiger partial charge in [-0.25, -0.2) is 0 Å². The van der Waals surface area contributed by atoms with E-state index in [2.05, 4.69) is 20.9 Å². The number of rotatable bonds is 17. The molecule has 2 unspecified atom stereocenters. The molecular formula is C23H48BrN. The van der Waals surface area contributed by atoms with Gasteiger partial charge in [-0.15, -0.1) is 0 Å². The average molecular weight is 419 g/mol. The van der Waals surface area contributed by atoms with E-state index in [1.165, 1.54) is 127 Å². The van der Waals surface area contributed by atoms with E-state index in [1.807, 2.05) is 0 Å². The van der Waals surface area contributed by atoms with E-state index in [0.29, 0.717) is 0 Å². The molecule has 25 heavy (non-hydrogen) atoms. The highest BCUT2D eigenvalue weighted by Gasteiger charge is 2.37. The van der Waals surface area contributed by atoms with E-state index in [0.717, 1.165) is 6.04 Å². The van der Waals surface area contributed by atoms with Gasteiger partial charge in [0.1, 0.15) is 0 Å². The van der Waals surface area contributed by atoms with Crippen LogP contribution in [0.4, 0.5) is 0 Å². The molecule has 0 spiro atoms. The van der Waals surface area contributed by atoms with Crippen LogP contribution in [-0.2, 0) is 0 Å². The van der Waals surface area contributed by atoms with Gasteiger partial charge < -0.3 is 21.5 Å². The summed E-state index contributed by atoms with van der Waals surface area (Å²) in [7, 11) is 2.46. The molecule has 1 saturated heterocycles. The van der Waals surface area contributed by atoms with Crippen molar-refractivity contribution in [3.8, 4) is 0 Å². The van der Waals surface area contributed by atoms with Crippen LogP contribution in [0, 0.1) is 0 Å². The Morgan fingerprint density at radius 1 is 0.640 bits per heavy atom. The Morgan fingerprint density at radius 2 is 1.00 bits per heavy atom. The molecule has 1 aliphatic rings. The largest absolute Gasteiger partial charge is 1.00 e. The molecule has 0 aromatic rings. The van der Waals surface area contributed by atoms with E-state index >= 15 is 0 Å². The Bertz CT molecular complexity index is 281. The summed E-state index contributed by atoms with van der Waals surface area (Å²) in [5.41, 5.74) is 0. The number of unbranched alkanes of at least 4 members (excludes halogenated alkanes) is 15. The van der Waals surface area contributed by atoms with E-state index in [9.17, 15) is 0 Å². The molecule has 0 bridgehead atoms. The second-order valence-electron chi connectivity index (χ2n) is 8.87. The molecule has 152 valence electrons. The molecule has 0 radical (unpaired) electrons. The molecule has 2 atom stereocenters. The van der Waals surface area contributed by atoms with Crippen LogP contribution in [0.1, 0.15) is 123 Å². The molecule has 0 N–H and O–H groups in total. The minimum atomic E-state index is 0. The second-order valence-corrected chi connectivity index (χ2v) is 8.87. The SMILES string of the molecule is CCCCCCCCCCCCCCCCCC[N+]1(C)CCC1C.[Br-]. The van der Waals surface area contributed by atoms with Crippen LogP contribution in [0.2, 0.25) is 0 Å². The third-order valence-corrected chi connectivity index (χ3v) is 6.64. The van der Waals surface area contributed by atoms with Crippen molar-refractivity contribution in [2.45, 2.75) is 129 Å². The van der Waals surface area contributed by atoms with Crippen molar-refractivity contribution in [1.82, 2.24) is 0 Å². The van der Waals surface area contributed by atoms with Gasteiger partial charge in [-0.05, 0) is 19.8 Å². The lowest BCUT2D eigenvalue weighted by molar-refractivity contribution is -0.970. The smallest absolute Gasteiger partial charge is 0.0914 e. The van der Waals surface area contributed by atoms with Gasteiger partial charge in [0.2, 0.25) is 0 Å². The first kappa shape index (κ1) is 25.4. The molecule has 1 aliphatic heterocycles. The quantitative estimate of drug-likeness (QED) is 0.241. The monoisotopic (exact) mass is 417 g/mol. The summed E-state index contributed by atoms with van der Waals surface area (Å²) in [4.78, 5) is 0. The summed E-state index contributed by atoms with van der Waals surface area (Å²) < 4.78 is 1.36. The number of nitrogens with zero attached hydrogens (tertiary/aromatic N) is 1. The highest BCUT2D eigenvalue weighted by Crippen LogP contribution is 2.26. The Balaban J connectivity index is 0.00000576. The van der Waals surface area contributed by atoms with Crippen molar-refractivity contribution >= 4 is 0 Å². The van der Waals surface area contributed by atoms with E-state index in [4.69, 9.17) is 0 Å². The standard InChI is InChI=1S/C23H48N.BrH/c1-4-5-6-7-8-9-10-11-12-13-14-15-16-17-18-19-21-24(3)22-20-23(24)2;/h23H,4-22H2,1-3H3;1H/q+1;/p-1. The summed E-state index contributed by atoms with van der Waals surface area (Å²) in [5, 5.41) is 0. The van der Waals surface area contributed by atoms with E-state index in [1.54, 1.807) is 0 Å². The summed E-state index contributed by atoms with van der Waals surface area (Å²) >= 11 is 0. The average Bonchev–Trinajstić information content (AvgIpc) is 2.59. The third kappa shape index (κ3) is 12.5. The molecule has 1 fully saturated rings. The van der Waals surface area contributed by atoms with Gasteiger partial charge in [0.25, 0.3) is 0 Å². The van der Waals surface area contributed by atoms with E-state index in [-0.39, 0.29) is 17.0 Å². The van der Waals surface area contributed by atoms with Gasteiger partial charge in [0.15, 0.2) is 0 Å². The Kier molecular flexibility index (Phi) is 16.9. The zero-order valence-electron chi connectivity index (χ0n) is 17.8. The number of likely N-dealkylation sites (tertiary alicyclic amines) is 1. The van der Waals surface area contributed by atoms with Crippen molar-refractivity contribution < 1.29 is 21.5 Å². The van der Waals surface area contributed by atoms with Crippen molar-refractivity contribution in [3.05, 3.63) is 0 Å². The maximum Gasteiger partial charge on any atom is 0.0914 e. The van der Waals surface area contributed by atoms with Crippen molar-refractivity contribution in [1.29, 1.82) is 0 Å². The lowest BCUT2D eigenvalue weighted by atomic mass is 9.99. The van der Waals surface area contributed by atoms with Crippen LogP contribution in [0.25, 0.3) is 0 Å². The number of halogens is 1. The van der Waals surface area contributed by atoms with Gasteiger partial charge in [-0.1, -0.05) is 96.8 Å². The zero-order valence-corrected chi connectivity index (χ0v) is 19.4. The molecule has 0 aliphatic carbocycles. The fourth-order valence-corrected chi connectivity index (χ4v) is 4.18. The maximum absolute atomic E-state index is 2.46. The summed E-state index contributed by atoms with van der Waals surface area (Å²) in [5.74, 6) is 0. The van der Waals surface area contributed by atoms with Gasteiger partial charge in [0.05, 0.1) is 26.2 Å². The maximum atomic E-state index is 2.46. The molecule has 0 aromatic carbocycles. The van der Waals surface area contributed by atoms with Crippen LogP contribution >= 0.6 is 0 Å². The van der Waals surface area contributed by atoms with Crippen LogP contribution in [0.3, 0.4) is 0 Å². The van der Waals surface area contributed by atoms with Crippen LogP contribution in [-0.4, -0.2) is 30.7 Å². The molecular weight excluding hydrogens is 370 g/mol. The highest BCUT2D eigenvalue weighted by molar-refractivity contribution is 4.63. The van der Waals surface area contributed by atoms with Gasteiger partial charge in [0, 0.05) is 6.42 Å². The molecule has 0 saturated carbocycles. The first-order valence-electron chi connectivity index (χ1n) is 11.5. The van der Waals surface area contributed by atoms with Crippen LogP contribution < -0.4 is 17.0 Å². The highest BCUT2D eigenvalue weighted by atomic mass is 79.9. The number of quaternary nitrogens is 1. The summed E-state index contributed by atoms with van der Waals surface area (Å²) in [6, 6.07) is 0.932. The fraction of sp³-hybridized carbons (Fsp3) is 1.00. The van der Waals surface area contributed by atoms with Crippen molar-refractivity contribution in [3.63, 3.8) is 0 Å². The van der Waals surface area contributed by atoms with E-state index < -0.39 is 0 Å². The molecule has 0 aromatic heterocycles. The minimum absolute atomic E-state index is 0. The van der Waals surface area contributed by atoms with Crippen LogP contribution in [0.5, 0.6) is 0 Å². The molecule has 0 amide bonds. The predicted octanol–water partition coefficient (Wildman–Crippen LogP) is 4.49. The van der Waals surface area contributed by atoms with Crippen molar-refractivity contribution in [2.24, 2.45) is 0 Å². The van der Waals surface area contributed by atoms with Gasteiger partial charge in [-0.2, -0.15) is 0 Å². The third-order valence-electron chi connectivity index (χ3n) is 6.64. The van der Waals surface area contributed by atoms with Crippen LogP contribution in [0.15, 0.2) is 0 Å². The molecule has 1 rings (SSSR count). The summed E-state index contributed by atoms with van der Waals surface area (Å²) in [6.07, 6.45) is 25.0.